The van der Waals surface area contributed by atoms with Crippen LogP contribution in [0.3, 0.4) is 0 Å². The minimum absolute atomic E-state index is 0.140. The number of carbonyl (C=O) groups excluding carboxylic acids is 2. The molecule has 0 bridgehead atoms. The number of Topliss-reactive ketones (excluding diaryl/α,β-unsaturated/α-hetero) is 1. The Morgan fingerprint density at radius 1 is 1.16 bits per heavy atom. The molecule has 0 aliphatic carbocycles. The van der Waals surface area contributed by atoms with Crippen molar-refractivity contribution >= 4 is 22.7 Å². The molecule has 0 amide bonds. The zero-order valence-electron chi connectivity index (χ0n) is 15.0. The molecule has 0 saturated carbocycles. The summed E-state index contributed by atoms with van der Waals surface area (Å²) in [6.45, 7) is 7.15. The number of fused-ring (bicyclic) bond motifs is 1. The van der Waals surface area contributed by atoms with Crippen LogP contribution in [-0.4, -0.2) is 28.1 Å². The summed E-state index contributed by atoms with van der Waals surface area (Å²) < 4.78 is 12.4. The molecule has 130 valence electrons. The van der Waals surface area contributed by atoms with Crippen LogP contribution in [0.25, 0.3) is 11.0 Å². The zero-order chi connectivity index (χ0) is 18.3. The number of aromatic nitrogens is 2. The van der Waals surface area contributed by atoms with Crippen LogP contribution in [0.5, 0.6) is 0 Å². The minimum atomic E-state index is -0.639. The maximum atomic E-state index is 12.4. The molecular formula is C19H20N2O4. The van der Waals surface area contributed by atoms with Crippen molar-refractivity contribution in [2.45, 2.75) is 27.7 Å². The fourth-order valence-electron chi connectivity index (χ4n) is 3.01. The number of rotatable bonds is 4. The summed E-state index contributed by atoms with van der Waals surface area (Å²) in [5.41, 5.74) is 4.52. The van der Waals surface area contributed by atoms with Crippen LogP contribution in [0.2, 0.25) is 0 Å². The molecule has 0 aliphatic heterocycles. The Morgan fingerprint density at radius 2 is 1.84 bits per heavy atom. The molecule has 25 heavy (non-hydrogen) atoms. The Morgan fingerprint density at radius 3 is 2.44 bits per heavy atom. The second-order valence-corrected chi connectivity index (χ2v) is 6.25. The third-order valence-corrected chi connectivity index (χ3v) is 4.29. The van der Waals surface area contributed by atoms with Crippen molar-refractivity contribution in [2.75, 3.05) is 6.61 Å². The smallest absolute Gasteiger partial charge is 0.375 e. The lowest BCUT2D eigenvalue weighted by atomic mass is 10.0. The SMILES string of the molecule is Cc1cc(C(=O)COC(=O)c2oc3c(C)ccc(C)c3c2C)n(C)n1. The molecule has 0 fully saturated rings. The molecule has 0 atom stereocenters. The van der Waals surface area contributed by atoms with E-state index in [9.17, 15) is 9.59 Å². The number of ketones is 1. The molecule has 0 N–H and O–H groups in total. The van der Waals surface area contributed by atoms with Crippen molar-refractivity contribution in [2.24, 2.45) is 7.05 Å². The van der Waals surface area contributed by atoms with Crippen LogP contribution in [0.1, 0.15) is 43.4 Å². The van der Waals surface area contributed by atoms with Crippen LogP contribution in [0.4, 0.5) is 0 Å². The van der Waals surface area contributed by atoms with Crippen molar-refractivity contribution in [1.82, 2.24) is 9.78 Å². The highest BCUT2D eigenvalue weighted by Crippen LogP contribution is 2.30. The van der Waals surface area contributed by atoms with E-state index >= 15 is 0 Å². The van der Waals surface area contributed by atoms with Gasteiger partial charge in [0.2, 0.25) is 11.5 Å². The summed E-state index contributed by atoms with van der Waals surface area (Å²) >= 11 is 0. The highest BCUT2D eigenvalue weighted by Gasteiger charge is 2.22. The van der Waals surface area contributed by atoms with Gasteiger partial charge in [-0.3, -0.25) is 9.48 Å². The van der Waals surface area contributed by atoms with Crippen molar-refractivity contribution < 1.29 is 18.7 Å². The Kier molecular flexibility index (Phi) is 4.20. The number of nitrogens with zero attached hydrogens (tertiary/aromatic N) is 2. The highest BCUT2D eigenvalue weighted by atomic mass is 16.5. The standard InChI is InChI=1S/C19H20N2O4/c1-10-6-7-11(2)17-16(10)13(4)18(25-17)19(23)24-9-15(22)14-8-12(3)20-21(14)5/h6-8H,9H2,1-5H3. The monoisotopic (exact) mass is 340 g/mol. The lowest BCUT2D eigenvalue weighted by molar-refractivity contribution is 0.0443. The van der Waals surface area contributed by atoms with Crippen LogP contribution in [-0.2, 0) is 11.8 Å². The summed E-state index contributed by atoms with van der Waals surface area (Å²) in [6, 6.07) is 5.60. The maximum Gasteiger partial charge on any atom is 0.375 e. The molecule has 0 saturated heterocycles. The van der Waals surface area contributed by atoms with E-state index in [1.165, 1.54) is 4.68 Å². The van der Waals surface area contributed by atoms with Gasteiger partial charge in [0.25, 0.3) is 0 Å². The summed E-state index contributed by atoms with van der Waals surface area (Å²) in [6.07, 6.45) is 0. The topological polar surface area (TPSA) is 74.3 Å². The van der Waals surface area contributed by atoms with E-state index in [4.69, 9.17) is 9.15 Å². The van der Waals surface area contributed by atoms with E-state index in [0.717, 1.165) is 27.8 Å². The van der Waals surface area contributed by atoms with Crippen LogP contribution in [0.15, 0.2) is 22.6 Å². The zero-order valence-corrected chi connectivity index (χ0v) is 15.0. The first-order chi connectivity index (χ1) is 11.8. The van der Waals surface area contributed by atoms with Gasteiger partial charge < -0.3 is 9.15 Å². The van der Waals surface area contributed by atoms with Gasteiger partial charge in [-0.2, -0.15) is 5.10 Å². The largest absolute Gasteiger partial charge is 0.451 e. The molecule has 0 unspecified atom stereocenters. The van der Waals surface area contributed by atoms with Gasteiger partial charge in [-0.25, -0.2) is 4.79 Å². The van der Waals surface area contributed by atoms with Gasteiger partial charge in [0.05, 0.1) is 5.69 Å². The van der Waals surface area contributed by atoms with Crippen LogP contribution < -0.4 is 0 Å². The summed E-state index contributed by atoms with van der Waals surface area (Å²) in [4.78, 5) is 24.6. The van der Waals surface area contributed by atoms with E-state index < -0.39 is 5.97 Å². The molecule has 3 rings (SSSR count). The molecule has 6 nitrogen and oxygen atoms in total. The predicted molar refractivity (Wildman–Crippen MR) is 93.0 cm³/mol. The Balaban J connectivity index is 1.82. The van der Waals surface area contributed by atoms with E-state index in [-0.39, 0.29) is 18.2 Å². The first-order valence-electron chi connectivity index (χ1n) is 8.00. The lowest BCUT2D eigenvalue weighted by Gasteiger charge is -2.03. The fourth-order valence-corrected chi connectivity index (χ4v) is 3.01. The van der Waals surface area contributed by atoms with Gasteiger partial charge in [0.15, 0.2) is 6.61 Å². The molecule has 0 radical (unpaired) electrons. The Hall–Kier alpha value is -2.89. The first kappa shape index (κ1) is 17.0. The number of ether oxygens (including phenoxy) is 1. The molecule has 2 aromatic heterocycles. The molecule has 1 aromatic carbocycles. The summed E-state index contributed by atoms with van der Waals surface area (Å²) in [5.74, 6) is -0.807. The van der Waals surface area contributed by atoms with E-state index in [0.29, 0.717) is 11.3 Å². The molecule has 6 heteroatoms. The molecule has 3 aromatic rings. The van der Waals surface area contributed by atoms with Gasteiger partial charge in [-0.1, -0.05) is 12.1 Å². The second kappa shape index (κ2) is 6.20. The van der Waals surface area contributed by atoms with Crippen molar-refractivity contribution in [3.8, 4) is 0 Å². The Labute approximate surface area is 145 Å². The lowest BCUT2D eigenvalue weighted by Crippen LogP contribution is -2.17. The number of aryl methyl sites for hydroxylation is 5. The number of furan rings is 1. The van der Waals surface area contributed by atoms with E-state index in [1.54, 1.807) is 20.0 Å². The van der Waals surface area contributed by atoms with Gasteiger partial charge in [0, 0.05) is 18.0 Å². The van der Waals surface area contributed by atoms with Gasteiger partial charge >= 0.3 is 5.97 Å². The van der Waals surface area contributed by atoms with Gasteiger partial charge in [-0.15, -0.1) is 0 Å². The van der Waals surface area contributed by atoms with Crippen molar-refractivity contribution in [3.05, 3.63) is 52.0 Å². The molecule has 2 heterocycles. The summed E-state index contributed by atoms with van der Waals surface area (Å²) in [5, 5.41) is 5.03. The van der Waals surface area contributed by atoms with E-state index in [1.807, 2.05) is 32.9 Å². The van der Waals surface area contributed by atoms with E-state index in [2.05, 4.69) is 5.10 Å². The van der Waals surface area contributed by atoms with Crippen LogP contribution in [0, 0.1) is 27.7 Å². The summed E-state index contributed by atoms with van der Waals surface area (Å²) in [7, 11) is 1.68. The normalized spacial score (nSPS) is 11.1. The van der Waals surface area contributed by atoms with Crippen molar-refractivity contribution in [3.63, 3.8) is 0 Å². The second-order valence-electron chi connectivity index (χ2n) is 6.25. The highest BCUT2D eigenvalue weighted by molar-refractivity contribution is 6.00. The molecule has 0 aliphatic rings. The number of hydrogen-bond acceptors (Lipinski definition) is 5. The van der Waals surface area contributed by atoms with Crippen molar-refractivity contribution in [1.29, 1.82) is 0 Å². The number of carbonyl (C=O) groups is 2. The predicted octanol–water partition coefficient (Wildman–Crippen LogP) is 3.44. The van der Waals surface area contributed by atoms with Crippen LogP contribution >= 0.6 is 0 Å². The third-order valence-electron chi connectivity index (χ3n) is 4.29. The average molecular weight is 340 g/mol. The average Bonchev–Trinajstić information content (AvgIpc) is 3.09. The maximum absolute atomic E-state index is 12.4. The molecule has 0 spiro atoms. The fraction of sp³-hybridized carbons (Fsp3) is 0.316. The first-order valence-corrected chi connectivity index (χ1v) is 8.00. The Bertz CT molecular complexity index is 995. The number of benzene rings is 1. The quantitative estimate of drug-likeness (QED) is 0.537. The number of hydrogen-bond donors (Lipinski definition) is 0. The van der Waals surface area contributed by atoms with Gasteiger partial charge in [-0.05, 0) is 44.9 Å². The molecular weight excluding hydrogens is 320 g/mol. The third kappa shape index (κ3) is 2.95. The number of esters is 1. The minimum Gasteiger partial charge on any atom is -0.451 e. The van der Waals surface area contributed by atoms with Gasteiger partial charge in [0.1, 0.15) is 11.3 Å².